The Morgan fingerprint density at radius 2 is 2.20 bits per heavy atom. The van der Waals surface area contributed by atoms with Crippen molar-refractivity contribution in [2.24, 2.45) is 0 Å². The number of amides is 1. The fourth-order valence-corrected chi connectivity index (χ4v) is 1.64. The fraction of sp³-hybridized carbons (Fsp3) is 0.900. The third-order valence-electron chi connectivity index (χ3n) is 1.98. The van der Waals surface area contributed by atoms with E-state index in [4.69, 9.17) is 9.47 Å². The Morgan fingerprint density at radius 3 is 2.73 bits per heavy atom. The monoisotopic (exact) mass is 281 g/mol. The molecule has 1 N–H and O–H groups in total. The summed E-state index contributed by atoms with van der Waals surface area (Å²) in [4.78, 5) is 11.4. The molecular weight excluding hydrogens is 262 g/mol. The summed E-state index contributed by atoms with van der Waals surface area (Å²) >= 11 is 3.35. The average molecular weight is 282 g/mol. The Morgan fingerprint density at radius 1 is 1.47 bits per heavy atom. The quantitative estimate of drug-likeness (QED) is 0.512. The molecular formula is C10H20BrNO3. The van der Waals surface area contributed by atoms with Crippen LogP contribution in [-0.2, 0) is 14.3 Å². The molecule has 90 valence electrons. The first-order chi connectivity index (χ1) is 7.24. The van der Waals surface area contributed by atoms with Crippen molar-refractivity contribution in [3.63, 3.8) is 0 Å². The molecule has 0 aromatic carbocycles. The average Bonchev–Trinajstić information content (AvgIpc) is 2.24. The van der Waals surface area contributed by atoms with Crippen LogP contribution in [0, 0.1) is 0 Å². The number of halogens is 1. The van der Waals surface area contributed by atoms with Crippen LogP contribution in [0.1, 0.15) is 19.8 Å². The standard InChI is InChI=1S/C10H20BrNO3/c1-3-9(4-5-11)12-10(13)8-15-7-6-14-2/h9H,3-8H2,1-2H3,(H,12,13). The van der Waals surface area contributed by atoms with Crippen LogP contribution in [-0.4, -0.2) is 44.2 Å². The molecule has 0 aromatic heterocycles. The van der Waals surface area contributed by atoms with Gasteiger partial charge in [0.1, 0.15) is 6.61 Å². The van der Waals surface area contributed by atoms with E-state index in [1.165, 1.54) is 0 Å². The Bertz CT molecular complexity index is 167. The molecule has 0 bridgehead atoms. The van der Waals surface area contributed by atoms with Gasteiger partial charge in [-0.1, -0.05) is 22.9 Å². The fourth-order valence-electron chi connectivity index (χ4n) is 1.09. The lowest BCUT2D eigenvalue weighted by atomic mass is 10.2. The molecule has 0 rings (SSSR count). The SMILES string of the molecule is CCC(CCBr)NC(=O)COCCOC. The van der Waals surface area contributed by atoms with E-state index in [0.29, 0.717) is 13.2 Å². The molecule has 0 aromatic rings. The zero-order valence-corrected chi connectivity index (χ0v) is 11.0. The Balaban J connectivity index is 3.52. The highest BCUT2D eigenvalue weighted by molar-refractivity contribution is 9.09. The highest BCUT2D eigenvalue weighted by Gasteiger charge is 2.09. The topological polar surface area (TPSA) is 47.6 Å². The molecule has 0 radical (unpaired) electrons. The van der Waals surface area contributed by atoms with Gasteiger partial charge >= 0.3 is 0 Å². The maximum absolute atomic E-state index is 11.4. The molecule has 1 amide bonds. The van der Waals surface area contributed by atoms with Gasteiger partial charge in [0.15, 0.2) is 0 Å². The molecule has 1 unspecified atom stereocenters. The van der Waals surface area contributed by atoms with Crippen LogP contribution < -0.4 is 5.32 Å². The van der Waals surface area contributed by atoms with Crippen molar-refractivity contribution >= 4 is 21.8 Å². The van der Waals surface area contributed by atoms with Crippen molar-refractivity contribution in [2.45, 2.75) is 25.8 Å². The van der Waals surface area contributed by atoms with E-state index in [1.54, 1.807) is 7.11 Å². The van der Waals surface area contributed by atoms with Gasteiger partial charge in [-0.05, 0) is 12.8 Å². The van der Waals surface area contributed by atoms with Gasteiger partial charge in [-0.3, -0.25) is 4.79 Å². The van der Waals surface area contributed by atoms with Gasteiger partial charge in [-0.2, -0.15) is 0 Å². The number of carbonyl (C=O) groups excluding carboxylic acids is 1. The Kier molecular flexibility index (Phi) is 10.3. The molecule has 0 saturated heterocycles. The predicted octanol–water partition coefficient (Wildman–Crippen LogP) is 1.33. The van der Waals surface area contributed by atoms with Gasteiger partial charge in [0.05, 0.1) is 13.2 Å². The molecule has 1 atom stereocenters. The van der Waals surface area contributed by atoms with E-state index in [9.17, 15) is 4.79 Å². The van der Waals surface area contributed by atoms with Crippen molar-refractivity contribution in [3.8, 4) is 0 Å². The van der Waals surface area contributed by atoms with Gasteiger partial charge in [-0.25, -0.2) is 0 Å². The van der Waals surface area contributed by atoms with Crippen molar-refractivity contribution in [1.29, 1.82) is 0 Å². The van der Waals surface area contributed by atoms with Crippen LogP contribution in [0.4, 0.5) is 0 Å². The zero-order chi connectivity index (χ0) is 11.5. The molecule has 4 nitrogen and oxygen atoms in total. The zero-order valence-electron chi connectivity index (χ0n) is 9.42. The van der Waals surface area contributed by atoms with Crippen LogP contribution in [0.25, 0.3) is 0 Å². The van der Waals surface area contributed by atoms with E-state index in [0.717, 1.165) is 18.2 Å². The number of hydrogen-bond donors (Lipinski definition) is 1. The Hall–Kier alpha value is -0.130. The van der Waals surface area contributed by atoms with Crippen LogP contribution >= 0.6 is 15.9 Å². The summed E-state index contributed by atoms with van der Waals surface area (Å²) in [5.74, 6) is -0.0566. The molecule has 0 aliphatic heterocycles. The molecule has 0 heterocycles. The molecule has 0 saturated carbocycles. The van der Waals surface area contributed by atoms with Gasteiger partial charge in [-0.15, -0.1) is 0 Å². The van der Waals surface area contributed by atoms with Crippen LogP contribution in [0.5, 0.6) is 0 Å². The summed E-state index contributed by atoms with van der Waals surface area (Å²) in [5.41, 5.74) is 0. The third kappa shape index (κ3) is 8.84. The number of ether oxygens (including phenoxy) is 2. The maximum atomic E-state index is 11.4. The molecule has 0 aliphatic carbocycles. The van der Waals surface area contributed by atoms with E-state index in [-0.39, 0.29) is 18.6 Å². The normalized spacial score (nSPS) is 12.5. The van der Waals surface area contributed by atoms with Gasteiger partial charge in [0.25, 0.3) is 0 Å². The summed E-state index contributed by atoms with van der Waals surface area (Å²) < 4.78 is 9.91. The first-order valence-corrected chi connectivity index (χ1v) is 6.28. The highest BCUT2D eigenvalue weighted by atomic mass is 79.9. The summed E-state index contributed by atoms with van der Waals surface area (Å²) in [6.45, 7) is 3.15. The van der Waals surface area contributed by atoms with Gasteiger partial charge in [0, 0.05) is 18.5 Å². The summed E-state index contributed by atoms with van der Waals surface area (Å²) in [5, 5.41) is 3.81. The number of nitrogens with one attached hydrogen (secondary N) is 1. The first kappa shape index (κ1) is 14.9. The van der Waals surface area contributed by atoms with Crippen molar-refractivity contribution in [1.82, 2.24) is 5.32 Å². The number of methoxy groups -OCH3 is 1. The van der Waals surface area contributed by atoms with E-state index in [2.05, 4.69) is 28.2 Å². The second-order valence-corrected chi connectivity index (χ2v) is 3.99. The second-order valence-electron chi connectivity index (χ2n) is 3.20. The van der Waals surface area contributed by atoms with Crippen molar-refractivity contribution in [3.05, 3.63) is 0 Å². The lowest BCUT2D eigenvalue weighted by molar-refractivity contribution is -0.126. The lowest BCUT2D eigenvalue weighted by Gasteiger charge is -2.15. The van der Waals surface area contributed by atoms with Gasteiger partial charge in [0.2, 0.25) is 5.91 Å². The molecule has 0 spiro atoms. The number of alkyl halides is 1. The Labute approximate surface area is 99.8 Å². The predicted molar refractivity (Wildman–Crippen MR) is 63.3 cm³/mol. The molecule has 15 heavy (non-hydrogen) atoms. The number of rotatable bonds is 9. The van der Waals surface area contributed by atoms with Crippen LogP contribution in [0.2, 0.25) is 0 Å². The maximum Gasteiger partial charge on any atom is 0.246 e. The minimum Gasteiger partial charge on any atom is -0.382 e. The third-order valence-corrected chi connectivity index (χ3v) is 2.44. The van der Waals surface area contributed by atoms with Crippen LogP contribution in [0.15, 0.2) is 0 Å². The second kappa shape index (κ2) is 10.4. The largest absolute Gasteiger partial charge is 0.382 e. The molecule has 5 heteroatoms. The summed E-state index contributed by atoms with van der Waals surface area (Å²) in [6, 6.07) is 0.239. The molecule has 0 fully saturated rings. The number of hydrogen-bond acceptors (Lipinski definition) is 3. The van der Waals surface area contributed by atoms with Crippen molar-refractivity contribution < 1.29 is 14.3 Å². The van der Waals surface area contributed by atoms with Crippen LogP contribution in [0.3, 0.4) is 0 Å². The lowest BCUT2D eigenvalue weighted by Crippen LogP contribution is -2.37. The first-order valence-electron chi connectivity index (χ1n) is 5.16. The van der Waals surface area contributed by atoms with Crippen molar-refractivity contribution in [2.75, 3.05) is 32.3 Å². The highest BCUT2D eigenvalue weighted by Crippen LogP contribution is 2.00. The van der Waals surface area contributed by atoms with E-state index >= 15 is 0 Å². The minimum absolute atomic E-state index is 0.0566. The number of carbonyl (C=O) groups is 1. The smallest absolute Gasteiger partial charge is 0.246 e. The van der Waals surface area contributed by atoms with Gasteiger partial charge < -0.3 is 14.8 Å². The summed E-state index contributed by atoms with van der Waals surface area (Å²) in [7, 11) is 1.60. The minimum atomic E-state index is -0.0566. The summed E-state index contributed by atoms with van der Waals surface area (Å²) in [6.07, 6.45) is 1.88. The molecule has 0 aliphatic rings. The van der Waals surface area contributed by atoms with E-state index in [1.807, 2.05) is 0 Å². The van der Waals surface area contributed by atoms with E-state index < -0.39 is 0 Å².